The fourth-order valence-electron chi connectivity index (χ4n) is 3.24. The van der Waals surface area contributed by atoms with Crippen molar-refractivity contribution in [3.05, 3.63) is 58.6 Å². The zero-order valence-electron chi connectivity index (χ0n) is 15.5. The van der Waals surface area contributed by atoms with Crippen molar-refractivity contribution in [2.75, 3.05) is 21.9 Å². The van der Waals surface area contributed by atoms with Gasteiger partial charge in [-0.15, -0.1) is 10.8 Å². The van der Waals surface area contributed by atoms with E-state index in [1.165, 1.54) is 0 Å². The molecule has 0 aliphatic carbocycles. The van der Waals surface area contributed by atoms with E-state index in [9.17, 15) is 13.9 Å². The van der Waals surface area contributed by atoms with Crippen LogP contribution in [0.3, 0.4) is 0 Å². The van der Waals surface area contributed by atoms with Crippen molar-refractivity contribution in [2.24, 2.45) is 5.92 Å². The summed E-state index contributed by atoms with van der Waals surface area (Å²) in [5.74, 6) is 0.557. The number of carbonyl (C=O) groups is 1. The fraction of sp³-hybridized carbons (Fsp3) is 0.350. The molecule has 1 heterocycles. The van der Waals surface area contributed by atoms with E-state index in [1.54, 1.807) is 22.5 Å². The van der Waals surface area contributed by atoms with E-state index >= 15 is 0 Å². The van der Waals surface area contributed by atoms with E-state index in [1.807, 2.05) is 24.3 Å². The quantitative estimate of drug-likeness (QED) is 0.596. The van der Waals surface area contributed by atoms with Gasteiger partial charge in [-0.2, -0.15) is 0 Å². The average Bonchev–Trinajstić information content (AvgIpc) is 2.94. The number of hydrogen-bond acceptors (Lipinski definition) is 4. The summed E-state index contributed by atoms with van der Waals surface area (Å²) in [4.78, 5) is 12.8. The molecule has 0 saturated carbocycles. The Morgan fingerprint density at radius 3 is 2.70 bits per heavy atom. The number of carbonyl (C=O) groups excluding carboxylic acids is 1. The molecule has 2 aromatic rings. The highest BCUT2D eigenvalue weighted by atomic mass is 35.5. The molecule has 0 atom stereocenters. The monoisotopic (exact) mass is 408 g/mol. The molecule has 5 nitrogen and oxygen atoms in total. The Kier molecular flexibility index (Phi) is 6.01. The molecule has 146 valence electrons. The second-order valence-electron chi connectivity index (χ2n) is 7.21. The highest BCUT2D eigenvalue weighted by molar-refractivity contribution is 8.25. The third kappa shape index (κ3) is 4.76. The predicted molar refractivity (Wildman–Crippen MR) is 114 cm³/mol. The zero-order valence-corrected chi connectivity index (χ0v) is 17.1. The summed E-state index contributed by atoms with van der Waals surface area (Å²) in [5, 5.41) is 3.22. The van der Waals surface area contributed by atoms with Crippen molar-refractivity contribution in [2.45, 2.75) is 26.7 Å². The summed E-state index contributed by atoms with van der Waals surface area (Å²) in [7, 11) is -2.81. The average molecular weight is 409 g/mol. The van der Waals surface area contributed by atoms with Crippen LogP contribution in [0.4, 0.5) is 11.4 Å². The molecule has 0 bridgehead atoms. The van der Waals surface area contributed by atoms with Gasteiger partial charge in [-0.1, -0.05) is 37.6 Å². The largest absolute Gasteiger partial charge is 0.322 e. The first kappa shape index (κ1) is 20.0. The Morgan fingerprint density at radius 1 is 1.26 bits per heavy atom. The third-order valence-electron chi connectivity index (χ3n) is 4.44. The first-order chi connectivity index (χ1) is 12.8. The molecule has 2 aromatic carbocycles. The molecule has 0 radical (unpaired) electrons. The molecular weight excluding hydrogens is 384 g/mol. The smallest absolute Gasteiger partial charge is 0.257 e. The minimum atomic E-state index is -2.81. The lowest BCUT2D eigenvalue weighted by Crippen LogP contribution is -2.22. The van der Waals surface area contributed by atoms with Crippen LogP contribution in [0.15, 0.2) is 42.5 Å². The molecular formula is C20H25ClN2O3S. The van der Waals surface area contributed by atoms with Gasteiger partial charge < -0.3 is 5.32 Å². The highest BCUT2D eigenvalue weighted by Gasteiger charge is 2.29. The molecule has 0 unspecified atom stereocenters. The summed E-state index contributed by atoms with van der Waals surface area (Å²) < 4.78 is 21.9. The van der Waals surface area contributed by atoms with E-state index in [2.05, 4.69) is 19.2 Å². The molecule has 1 saturated heterocycles. The first-order valence-corrected chi connectivity index (χ1v) is 11.0. The van der Waals surface area contributed by atoms with Crippen molar-refractivity contribution in [3.8, 4) is 0 Å². The summed E-state index contributed by atoms with van der Waals surface area (Å²) in [6, 6.07) is 12.7. The summed E-state index contributed by atoms with van der Waals surface area (Å²) in [6.07, 6.45) is 1.64. The summed E-state index contributed by atoms with van der Waals surface area (Å²) >= 11 is 6.24. The Hall–Kier alpha value is -1.73. The summed E-state index contributed by atoms with van der Waals surface area (Å²) in [5.41, 5.74) is 2.78. The van der Waals surface area contributed by atoms with Crippen molar-refractivity contribution in [3.63, 3.8) is 0 Å². The molecule has 27 heavy (non-hydrogen) atoms. The van der Waals surface area contributed by atoms with Crippen LogP contribution in [0.2, 0.25) is 5.02 Å². The Balaban J connectivity index is 1.82. The molecule has 1 aliphatic rings. The molecule has 1 amide bonds. The van der Waals surface area contributed by atoms with Crippen LogP contribution in [0.1, 0.15) is 36.2 Å². The van der Waals surface area contributed by atoms with Crippen LogP contribution in [0.5, 0.6) is 0 Å². The number of anilines is 2. The van der Waals surface area contributed by atoms with Crippen molar-refractivity contribution in [1.82, 2.24) is 0 Å². The van der Waals surface area contributed by atoms with Gasteiger partial charge in [0.1, 0.15) is 0 Å². The van der Waals surface area contributed by atoms with Crippen LogP contribution in [-0.2, 0) is 6.42 Å². The van der Waals surface area contributed by atoms with E-state index in [4.69, 9.17) is 11.6 Å². The number of amides is 1. The number of nitrogens with zero attached hydrogens (tertiary/aromatic N) is 1. The number of hydrogen-bond donors (Lipinski definition) is 3. The molecule has 1 fully saturated rings. The van der Waals surface area contributed by atoms with Crippen LogP contribution in [0.25, 0.3) is 0 Å². The normalized spacial score (nSPS) is 17.2. The van der Waals surface area contributed by atoms with Gasteiger partial charge >= 0.3 is 0 Å². The van der Waals surface area contributed by atoms with E-state index in [0.717, 1.165) is 12.0 Å². The SMILES string of the molecule is CC(C)Cc1cccc(NC(=O)c2cc(N3CCCS3(O)O)ccc2Cl)c1. The minimum Gasteiger partial charge on any atom is -0.322 e. The summed E-state index contributed by atoms with van der Waals surface area (Å²) in [6.45, 7) is 4.85. The standard InChI is InChI=1S/C20H25ClN2O3S/c1-14(2)11-15-5-3-6-16(12-15)22-20(24)18-13-17(7-8-19(18)21)23-9-4-10-27(23,25)26/h3,5-8,12-14,25-26H,4,9-11H2,1-2H3,(H,22,24). The second-order valence-corrected chi connectivity index (χ2v) is 9.73. The molecule has 7 heteroatoms. The first-order valence-electron chi connectivity index (χ1n) is 9.00. The number of rotatable bonds is 5. The molecule has 3 N–H and O–H groups in total. The number of halogens is 1. The Labute approximate surface area is 166 Å². The molecule has 0 aromatic heterocycles. The van der Waals surface area contributed by atoms with Crippen molar-refractivity contribution < 1.29 is 13.9 Å². The van der Waals surface area contributed by atoms with Crippen molar-refractivity contribution in [1.29, 1.82) is 0 Å². The van der Waals surface area contributed by atoms with Gasteiger partial charge in [-0.25, -0.2) is 0 Å². The molecule has 0 spiro atoms. The third-order valence-corrected chi connectivity index (χ3v) is 6.71. The lowest BCUT2D eigenvalue weighted by molar-refractivity contribution is 0.102. The Morgan fingerprint density at radius 2 is 2.04 bits per heavy atom. The fourth-order valence-corrected chi connectivity index (χ4v) is 5.06. The number of benzene rings is 2. The Bertz CT molecular complexity index is 842. The van der Waals surface area contributed by atoms with E-state index in [0.29, 0.717) is 46.6 Å². The number of nitrogens with one attached hydrogen (secondary N) is 1. The van der Waals surface area contributed by atoms with E-state index < -0.39 is 10.8 Å². The van der Waals surface area contributed by atoms with Gasteiger partial charge in [0.15, 0.2) is 0 Å². The van der Waals surface area contributed by atoms with Crippen LogP contribution in [0, 0.1) is 5.92 Å². The van der Waals surface area contributed by atoms with Gasteiger partial charge in [0, 0.05) is 12.2 Å². The van der Waals surface area contributed by atoms with Gasteiger partial charge in [0.2, 0.25) is 0 Å². The topological polar surface area (TPSA) is 72.8 Å². The second kappa shape index (κ2) is 8.10. The van der Waals surface area contributed by atoms with Gasteiger partial charge in [0.25, 0.3) is 5.91 Å². The molecule has 3 rings (SSSR count). The maximum absolute atomic E-state index is 12.8. The highest BCUT2D eigenvalue weighted by Crippen LogP contribution is 2.51. The van der Waals surface area contributed by atoms with Gasteiger partial charge in [-0.05, 0) is 54.7 Å². The maximum atomic E-state index is 12.8. The van der Waals surface area contributed by atoms with Crippen LogP contribution in [-0.4, -0.2) is 27.3 Å². The van der Waals surface area contributed by atoms with Crippen LogP contribution < -0.4 is 9.62 Å². The van der Waals surface area contributed by atoms with Crippen molar-refractivity contribution >= 4 is 39.7 Å². The van der Waals surface area contributed by atoms with Crippen LogP contribution >= 0.6 is 22.4 Å². The van der Waals surface area contributed by atoms with Gasteiger partial charge in [-0.3, -0.25) is 18.2 Å². The van der Waals surface area contributed by atoms with Gasteiger partial charge in [0.05, 0.1) is 22.0 Å². The lowest BCUT2D eigenvalue weighted by atomic mass is 10.0. The predicted octanol–water partition coefficient (Wildman–Crippen LogP) is 5.67. The van der Waals surface area contributed by atoms with E-state index in [-0.39, 0.29) is 5.91 Å². The lowest BCUT2D eigenvalue weighted by Gasteiger charge is -2.38. The molecule has 1 aliphatic heterocycles. The zero-order chi connectivity index (χ0) is 19.6. The minimum absolute atomic E-state index is 0.311. The maximum Gasteiger partial charge on any atom is 0.257 e.